The van der Waals surface area contributed by atoms with Crippen LogP contribution in [0.5, 0.6) is 0 Å². The lowest BCUT2D eigenvalue weighted by Gasteiger charge is -2.07. The minimum Gasteiger partial charge on any atom is -0.392 e. The van der Waals surface area contributed by atoms with E-state index in [-0.39, 0.29) is 5.91 Å². The van der Waals surface area contributed by atoms with Gasteiger partial charge in [0.15, 0.2) is 0 Å². The first kappa shape index (κ1) is 14.1. The summed E-state index contributed by atoms with van der Waals surface area (Å²) in [5.74, 6) is 1.24. The molecule has 17 heavy (non-hydrogen) atoms. The quantitative estimate of drug-likeness (QED) is 0.811. The molecule has 1 aromatic carbocycles. The Kier molecular flexibility index (Phi) is 6.08. The van der Waals surface area contributed by atoms with Crippen molar-refractivity contribution in [2.24, 2.45) is 0 Å². The summed E-state index contributed by atoms with van der Waals surface area (Å²) in [6.07, 6.45) is -0.485. The third kappa shape index (κ3) is 6.34. The molecular formula is C13H19NO2S. The average molecular weight is 253 g/mol. The number of rotatable bonds is 6. The largest absolute Gasteiger partial charge is 0.392 e. The lowest BCUT2D eigenvalue weighted by molar-refractivity contribution is -0.118. The van der Waals surface area contributed by atoms with Gasteiger partial charge in [0.2, 0.25) is 5.91 Å². The van der Waals surface area contributed by atoms with Crippen molar-refractivity contribution in [1.82, 2.24) is 5.32 Å². The van der Waals surface area contributed by atoms with E-state index in [4.69, 9.17) is 5.11 Å². The van der Waals surface area contributed by atoms with E-state index < -0.39 is 6.10 Å². The Bertz CT molecular complexity index is 349. The summed E-state index contributed by atoms with van der Waals surface area (Å²) in [5, 5.41) is 11.7. The van der Waals surface area contributed by atoms with Crippen molar-refractivity contribution < 1.29 is 9.90 Å². The van der Waals surface area contributed by atoms with Gasteiger partial charge in [0.05, 0.1) is 11.9 Å². The minimum absolute atomic E-state index is 0.0250. The lowest BCUT2D eigenvalue weighted by atomic mass is 10.2. The zero-order valence-corrected chi connectivity index (χ0v) is 11.1. The third-order valence-corrected chi connectivity index (χ3v) is 3.22. The molecule has 0 heterocycles. The number of aliphatic hydroxyl groups is 1. The second-order valence-electron chi connectivity index (χ2n) is 4.13. The smallest absolute Gasteiger partial charge is 0.230 e. The summed E-state index contributed by atoms with van der Waals surface area (Å²) in [7, 11) is 0. The molecule has 0 saturated heterocycles. The molecule has 0 spiro atoms. The van der Waals surface area contributed by atoms with Gasteiger partial charge in [0.1, 0.15) is 0 Å². The highest BCUT2D eigenvalue weighted by molar-refractivity contribution is 7.99. The molecule has 1 amide bonds. The monoisotopic (exact) mass is 253 g/mol. The van der Waals surface area contributed by atoms with Crippen molar-refractivity contribution in [3.8, 4) is 0 Å². The average Bonchev–Trinajstić information content (AvgIpc) is 2.29. The molecule has 94 valence electrons. The van der Waals surface area contributed by atoms with Gasteiger partial charge < -0.3 is 10.4 Å². The fourth-order valence-electron chi connectivity index (χ4n) is 1.26. The first-order valence-electron chi connectivity index (χ1n) is 5.66. The van der Waals surface area contributed by atoms with Crippen LogP contribution in [-0.2, 0) is 10.5 Å². The van der Waals surface area contributed by atoms with Crippen molar-refractivity contribution in [3.05, 3.63) is 35.4 Å². The van der Waals surface area contributed by atoms with E-state index in [0.717, 1.165) is 5.75 Å². The number of hydrogen-bond acceptors (Lipinski definition) is 3. The number of benzene rings is 1. The Balaban J connectivity index is 2.19. The minimum atomic E-state index is -0.485. The van der Waals surface area contributed by atoms with Crippen LogP contribution in [0.2, 0.25) is 0 Å². The molecule has 0 radical (unpaired) electrons. The molecule has 1 rings (SSSR count). The van der Waals surface area contributed by atoms with Crippen LogP contribution >= 0.6 is 11.8 Å². The van der Waals surface area contributed by atoms with Crippen molar-refractivity contribution in [2.45, 2.75) is 25.7 Å². The summed E-state index contributed by atoms with van der Waals surface area (Å²) in [6.45, 7) is 4.03. The van der Waals surface area contributed by atoms with Gasteiger partial charge in [0.25, 0.3) is 0 Å². The molecule has 0 saturated carbocycles. The molecule has 0 aliphatic rings. The number of aliphatic hydroxyl groups excluding tert-OH is 1. The third-order valence-electron chi connectivity index (χ3n) is 2.22. The van der Waals surface area contributed by atoms with Crippen LogP contribution in [0.1, 0.15) is 18.1 Å². The number of aryl methyl sites for hydroxylation is 1. The van der Waals surface area contributed by atoms with Crippen LogP contribution in [-0.4, -0.2) is 29.4 Å². The summed E-state index contributed by atoms with van der Waals surface area (Å²) in [5.41, 5.74) is 2.47. The second-order valence-corrected chi connectivity index (χ2v) is 5.12. The number of carbonyl (C=O) groups is 1. The molecule has 1 atom stereocenters. The Hall–Kier alpha value is -1.00. The Morgan fingerprint density at radius 3 is 2.65 bits per heavy atom. The first-order valence-corrected chi connectivity index (χ1v) is 6.81. The Morgan fingerprint density at radius 2 is 2.06 bits per heavy atom. The van der Waals surface area contributed by atoms with Gasteiger partial charge in [-0.05, 0) is 19.4 Å². The maximum atomic E-state index is 11.3. The molecule has 0 aromatic heterocycles. The van der Waals surface area contributed by atoms with E-state index >= 15 is 0 Å². The van der Waals surface area contributed by atoms with E-state index in [1.165, 1.54) is 11.1 Å². The second kappa shape index (κ2) is 7.35. The van der Waals surface area contributed by atoms with Crippen LogP contribution in [0.25, 0.3) is 0 Å². The summed E-state index contributed by atoms with van der Waals surface area (Å²) in [6, 6.07) is 8.30. The number of thioether (sulfide) groups is 1. The van der Waals surface area contributed by atoms with Gasteiger partial charge in [-0.2, -0.15) is 0 Å². The number of carbonyl (C=O) groups excluding carboxylic acids is 1. The highest BCUT2D eigenvalue weighted by atomic mass is 32.2. The Morgan fingerprint density at radius 1 is 1.41 bits per heavy atom. The van der Waals surface area contributed by atoms with Crippen LogP contribution in [0.15, 0.2) is 24.3 Å². The van der Waals surface area contributed by atoms with Crippen molar-refractivity contribution in [1.29, 1.82) is 0 Å². The molecule has 2 N–H and O–H groups in total. The van der Waals surface area contributed by atoms with Crippen LogP contribution in [0.3, 0.4) is 0 Å². The Labute approximate surface area is 107 Å². The highest BCUT2D eigenvalue weighted by Gasteiger charge is 2.03. The number of nitrogens with one attached hydrogen (secondary N) is 1. The van der Waals surface area contributed by atoms with Gasteiger partial charge in [-0.3, -0.25) is 4.79 Å². The maximum absolute atomic E-state index is 11.3. The fraction of sp³-hybridized carbons (Fsp3) is 0.462. The first-order chi connectivity index (χ1) is 8.08. The molecular weight excluding hydrogens is 234 g/mol. The molecule has 0 unspecified atom stereocenters. The summed E-state index contributed by atoms with van der Waals surface area (Å²) >= 11 is 1.58. The standard InChI is InChI=1S/C13H19NO2S/c1-10-3-5-12(6-4-10)8-17-9-13(16)14-7-11(2)15/h3-6,11,15H,7-9H2,1-2H3,(H,14,16)/t11-/m1/s1. The van der Waals surface area contributed by atoms with Crippen molar-refractivity contribution in [3.63, 3.8) is 0 Å². The van der Waals surface area contributed by atoms with Crippen molar-refractivity contribution in [2.75, 3.05) is 12.3 Å². The maximum Gasteiger partial charge on any atom is 0.230 e. The van der Waals surface area contributed by atoms with E-state index in [9.17, 15) is 4.79 Å². The van der Waals surface area contributed by atoms with E-state index in [1.54, 1.807) is 18.7 Å². The van der Waals surface area contributed by atoms with Crippen molar-refractivity contribution >= 4 is 17.7 Å². The molecule has 3 nitrogen and oxygen atoms in total. The molecule has 1 aromatic rings. The predicted molar refractivity (Wildman–Crippen MR) is 72.0 cm³/mol. The summed E-state index contributed by atoms with van der Waals surface area (Å²) in [4.78, 5) is 11.3. The lowest BCUT2D eigenvalue weighted by Crippen LogP contribution is -2.31. The van der Waals surface area contributed by atoms with Gasteiger partial charge in [0, 0.05) is 12.3 Å². The zero-order valence-electron chi connectivity index (χ0n) is 10.3. The summed E-state index contributed by atoms with van der Waals surface area (Å²) < 4.78 is 0. The van der Waals surface area contributed by atoms with E-state index in [2.05, 4.69) is 36.5 Å². The van der Waals surface area contributed by atoms with Crippen LogP contribution in [0, 0.1) is 6.92 Å². The number of hydrogen-bond donors (Lipinski definition) is 2. The fourth-order valence-corrected chi connectivity index (χ4v) is 2.08. The molecule has 0 aliphatic carbocycles. The molecule has 0 bridgehead atoms. The number of amides is 1. The van der Waals surface area contributed by atoms with Gasteiger partial charge >= 0.3 is 0 Å². The van der Waals surface area contributed by atoms with E-state index in [1.807, 2.05) is 0 Å². The predicted octanol–water partition coefficient (Wildman–Crippen LogP) is 1.73. The molecule has 0 fully saturated rings. The molecule has 4 heteroatoms. The van der Waals surface area contributed by atoms with E-state index in [0.29, 0.717) is 12.3 Å². The van der Waals surface area contributed by atoms with Gasteiger partial charge in [-0.25, -0.2) is 0 Å². The zero-order chi connectivity index (χ0) is 12.7. The SMILES string of the molecule is Cc1ccc(CSCC(=O)NC[C@@H](C)O)cc1. The van der Waals surface area contributed by atoms with Crippen LogP contribution in [0.4, 0.5) is 0 Å². The van der Waals surface area contributed by atoms with Crippen LogP contribution < -0.4 is 5.32 Å². The van der Waals surface area contributed by atoms with Gasteiger partial charge in [-0.1, -0.05) is 29.8 Å². The molecule has 0 aliphatic heterocycles. The normalized spacial score (nSPS) is 12.2. The van der Waals surface area contributed by atoms with Gasteiger partial charge in [-0.15, -0.1) is 11.8 Å². The topological polar surface area (TPSA) is 49.3 Å². The highest BCUT2D eigenvalue weighted by Crippen LogP contribution is 2.12.